The van der Waals surface area contributed by atoms with E-state index in [1.165, 1.54) is 6.33 Å². The van der Waals surface area contributed by atoms with Crippen LogP contribution in [0.25, 0.3) is 0 Å². The summed E-state index contributed by atoms with van der Waals surface area (Å²) in [5.74, 6) is 1.10. The highest BCUT2D eigenvalue weighted by Crippen LogP contribution is 2.38. The quantitative estimate of drug-likeness (QED) is 0.693. The zero-order chi connectivity index (χ0) is 18.9. The molecule has 0 radical (unpaired) electrons. The number of nitrogen functional groups attached to an aromatic ring is 1. The van der Waals surface area contributed by atoms with Gasteiger partial charge >= 0.3 is 0 Å². The van der Waals surface area contributed by atoms with Gasteiger partial charge in [0.25, 0.3) is 0 Å². The Kier molecular flexibility index (Phi) is 4.84. The van der Waals surface area contributed by atoms with Crippen molar-refractivity contribution >= 4 is 35.5 Å². The molecule has 3 rings (SSSR count). The maximum atomic E-state index is 12.3. The van der Waals surface area contributed by atoms with Crippen LogP contribution in [0.4, 0.5) is 23.0 Å². The highest BCUT2D eigenvalue weighted by atomic mass is 31.2. The minimum absolute atomic E-state index is 0.410. The number of nitrogens with zero attached hydrogens (tertiary/aromatic N) is 3. The molecule has 5 nitrogen and oxygen atoms in total. The van der Waals surface area contributed by atoms with Crippen LogP contribution >= 0.6 is 7.14 Å². The second-order valence-corrected chi connectivity index (χ2v) is 10.1. The van der Waals surface area contributed by atoms with Crippen LogP contribution in [0.1, 0.15) is 11.1 Å². The van der Waals surface area contributed by atoms with Gasteiger partial charge in [0, 0.05) is 22.7 Å². The van der Waals surface area contributed by atoms with E-state index in [1.807, 2.05) is 29.2 Å². The van der Waals surface area contributed by atoms with Crippen LogP contribution in [0, 0.1) is 13.8 Å². The summed E-state index contributed by atoms with van der Waals surface area (Å²) in [6.07, 6.45) is 1.46. The molecule has 0 aliphatic heterocycles. The van der Waals surface area contributed by atoms with Crippen LogP contribution in [-0.4, -0.2) is 23.3 Å². The van der Waals surface area contributed by atoms with Gasteiger partial charge in [0.2, 0.25) is 0 Å². The highest BCUT2D eigenvalue weighted by Gasteiger charge is 2.17. The van der Waals surface area contributed by atoms with Crippen molar-refractivity contribution in [3.8, 4) is 0 Å². The van der Waals surface area contributed by atoms with Crippen molar-refractivity contribution in [2.24, 2.45) is 0 Å². The first-order chi connectivity index (χ1) is 12.2. The van der Waals surface area contributed by atoms with Gasteiger partial charge in [0.1, 0.15) is 25.1 Å². The molecule has 26 heavy (non-hydrogen) atoms. The second-order valence-electron chi connectivity index (χ2n) is 6.85. The van der Waals surface area contributed by atoms with Crippen LogP contribution in [0.5, 0.6) is 0 Å². The van der Waals surface area contributed by atoms with E-state index >= 15 is 0 Å². The third-order valence-corrected chi connectivity index (χ3v) is 5.64. The van der Waals surface area contributed by atoms with Gasteiger partial charge in [0.05, 0.1) is 0 Å². The molecule has 0 saturated heterocycles. The molecule has 0 saturated carbocycles. The zero-order valence-corrected chi connectivity index (χ0v) is 16.4. The first-order valence-electron chi connectivity index (χ1n) is 8.35. The van der Waals surface area contributed by atoms with Gasteiger partial charge in [-0.3, -0.25) is 4.90 Å². The number of hydrogen-bond donors (Lipinski definition) is 1. The zero-order valence-electron chi connectivity index (χ0n) is 15.5. The number of anilines is 4. The van der Waals surface area contributed by atoms with Gasteiger partial charge in [-0.25, -0.2) is 9.97 Å². The largest absolute Gasteiger partial charge is 0.384 e. The molecule has 6 heteroatoms. The molecule has 0 aliphatic rings. The summed E-state index contributed by atoms with van der Waals surface area (Å²) < 4.78 is 12.3. The third kappa shape index (κ3) is 3.94. The van der Waals surface area contributed by atoms with Gasteiger partial charge in [-0.2, -0.15) is 0 Å². The molecule has 0 fully saturated rings. The number of hydrogen-bond acceptors (Lipinski definition) is 5. The molecule has 1 aromatic heterocycles. The highest BCUT2D eigenvalue weighted by molar-refractivity contribution is 7.70. The van der Waals surface area contributed by atoms with E-state index in [0.717, 1.165) is 27.8 Å². The number of rotatable bonds is 4. The minimum atomic E-state index is -2.30. The van der Waals surface area contributed by atoms with Crippen LogP contribution in [0.3, 0.4) is 0 Å². The molecule has 0 spiro atoms. The lowest BCUT2D eigenvalue weighted by Crippen LogP contribution is -2.14. The average molecular weight is 366 g/mol. The summed E-state index contributed by atoms with van der Waals surface area (Å²) >= 11 is 0. The molecule has 3 aromatic rings. The minimum Gasteiger partial charge on any atom is -0.384 e. The Labute approximate surface area is 154 Å². The maximum absolute atomic E-state index is 12.3. The van der Waals surface area contributed by atoms with Crippen LogP contribution in [0.2, 0.25) is 0 Å². The predicted octanol–water partition coefficient (Wildman–Crippen LogP) is 4.39. The van der Waals surface area contributed by atoms with Crippen molar-refractivity contribution in [3.63, 3.8) is 0 Å². The summed E-state index contributed by atoms with van der Waals surface area (Å²) in [6.45, 7) is 7.68. The fourth-order valence-corrected chi connectivity index (χ4v) is 3.80. The first kappa shape index (κ1) is 18.2. The van der Waals surface area contributed by atoms with E-state index in [9.17, 15) is 4.57 Å². The SMILES string of the molecule is Cc1cc(C)cc(N(c2ccc(P(C)(C)=O)cc2)c2cc(N)ncn2)c1. The Morgan fingerprint density at radius 3 is 2.04 bits per heavy atom. The van der Waals surface area contributed by atoms with E-state index in [-0.39, 0.29) is 0 Å². The number of aromatic nitrogens is 2. The van der Waals surface area contributed by atoms with Crippen molar-refractivity contribution in [1.29, 1.82) is 0 Å². The Morgan fingerprint density at radius 1 is 0.885 bits per heavy atom. The molecular weight excluding hydrogens is 343 g/mol. The maximum Gasteiger partial charge on any atom is 0.143 e. The van der Waals surface area contributed by atoms with E-state index in [2.05, 4.69) is 42.0 Å². The fourth-order valence-electron chi connectivity index (χ4n) is 2.94. The normalized spacial score (nSPS) is 11.4. The van der Waals surface area contributed by atoms with Crippen molar-refractivity contribution in [1.82, 2.24) is 9.97 Å². The van der Waals surface area contributed by atoms with Gasteiger partial charge in [-0.15, -0.1) is 0 Å². The van der Waals surface area contributed by atoms with Gasteiger partial charge in [-0.1, -0.05) is 6.07 Å². The molecule has 2 N–H and O–H groups in total. The molecule has 1 heterocycles. The second kappa shape index (κ2) is 6.93. The summed E-state index contributed by atoms with van der Waals surface area (Å²) in [4.78, 5) is 10.4. The van der Waals surface area contributed by atoms with Crippen molar-refractivity contribution in [2.45, 2.75) is 13.8 Å². The number of benzene rings is 2. The molecule has 0 bridgehead atoms. The lowest BCUT2D eigenvalue weighted by Gasteiger charge is -2.25. The number of aryl methyl sites for hydroxylation is 2. The summed E-state index contributed by atoms with van der Waals surface area (Å²) in [5, 5.41) is 0.851. The van der Waals surface area contributed by atoms with Gasteiger partial charge in [-0.05, 0) is 74.7 Å². The van der Waals surface area contributed by atoms with Crippen LogP contribution in [-0.2, 0) is 4.57 Å². The lowest BCUT2D eigenvalue weighted by atomic mass is 10.1. The van der Waals surface area contributed by atoms with Crippen LogP contribution < -0.4 is 15.9 Å². The van der Waals surface area contributed by atoms with Crippen molar-refractivity contribution in [2.75, 3.05) is 24.0 Å². The lowest BCUT2D eigenvalue weighted by molar-refractivity contribution is 0.588. The van der Waals surface area contributed by atoms with Crippen molar-refractivity contribution < 1.29 is 4.57 Å². The molecule has 0 aliphatic carbocycles. The Hall–Kier alpha value is -2.65. The average Bonchev–Trinajstić information content (AvgIpc) is 2.54. The molecular formula is C20H23N4OP. The first-order valence-corrected chi connectivity index (χ1v) is 11.0. The van der Waals surface area contributed by atoms with E-state index < -0.39 is 7.14 Å². The van der Waals surface area contributed by atoms with Crippen LogP contribution in [0.15, 0.2) is 54.9 Å². The topological polar surface area (TPSA) is 72.1 Å². The fraction of sp³-hybridized carbons (Fsp3) is 0.200. The monoisotopic (exact) mass is 366 g/mol. The van der Waals surface area contributed by atoms with E-state index in [0.29, 0.717) is 11.6 Å². The number of nitrogens with two attached hydrogens (primary N) is 1. The van der Waals surface area contributed by atoms with E-state index in [4.69, 9.17) is 5.73 Å². The molecule has 0 amide bonds. The van der Waals surface area contributed by atoms with Gasteiger partial charge in [0.15, 0.2) is 0 Å². The molecule has 134 valence electrons. The summed E-state index contributed by atoms with van der Waals surface area (Å²) in [5.41, 5.74) is 10.1. The summed E-state index contributed by atoms with van der Waals surface area (Å²) in [7, 11) is -2.30. The van der Waals surface area contributed by atoms with Gasteiger partial charge < -0.3 is 10.3 Å². The Bertz CT molecular complexity index is 959. The summed E-state index contributed by atoms with van der Waals surface area (Å²) in [6, 6.07) is 15.8. The third-order valence-electron chi connectivity index (χ3n) is 4.10. The van der Waals surface area contributed by atoms with E-state index in [1.54, 1.807) is 19.4 Å². The smallest absolute Gasteiger partial charge is 0.143 e. The predicted molar refractivity (Wildman–Crippen MR) is 110 cm³/mol. The Balaban J connectivity index is 2.16. The Morgan fingerprint density at radius 2 is 1.50 bits per heavy atom. The molecule has 2 aromatic carbocycles. The standard InChI is InChI=1S/C20H23N4OP/c1-14-9-15(2)11-17(10-14)24(20-12-19(21)22-13-23-20)16-5-7-18(8-6-16)26(3,4)25/h5-13H,1-4H3,(H2,21,22,23). The van der Waals surface area contributed by atoms with Crippen molar-refractivity contribution in [3.05, 3.63) is 66.0 Å². The molecule has 0 atom stereocenters. The molecule has 0 unspecified atom stereocenters.